The van der Waals surface area contributed by atoms with Crippen LogP contribution < -0.4 is 5.32 Å². The van der Waals surface area contributed by atoms with E-state index in [1.54, 1.807) is 4.90 Å². The van der Waals surface area contributed by atoms with E-state index >= 15 is 0 Å². The third-order valence-corrected chi connectivity index (χ3v) is 4.05. The van der Waals surface area contributed by atoms with Crippen LogP contribution >= 0.6 is 12.2 Å². The molecule has 0 atom stereocenters. The number of hydrogen-bond donors (Lipinski definition) is 1. The molecule has 0 unspecified atom stereocenters. The van der Waals surface area contributed by atoms with Crippen LogP contribution in [-0.2, 0) is 4.79 Å². The van der Waals surface area contributed by atoms with Gasteiger partial charge < -0.3 is 15.1 Å². The van der Waals surface area contributed by atoms with Crippen molar-refractivity contribution in [3.63, 3.8) is 0 Å². The van der Waals surface area contributed by atoms with Crippen molar-refractivity contribution in [2.45, 2.75) is 38.1 Å². The number of thiocarbonyl (C=S) groups is 1. The van der Waals surface area contributed by atoms with Crippen molar-refractivity contribution in [3.05, 3.63) is 0 Å². The molecule has 1 heterocycles. The van der Waals surface area contributed by atoms with E-state index < -0.39 is 0 Å². The lowest BCUT2D eigenvalue weighted by molar-refractivity contribution is -0.132. The Morgan fingerprint density at radius 3 is 2.65 bits per heavy atom. The number of amides is 1. The van der Waals surface area contributed by atoms with E-state index in [2.05, 4.69) is 5.32 Å². The maximum Gasteiger partial charge on any atom is 0.241 e. The van der Waals surface area contributed by atoms with E-state index in [9.17, 15) is 4.79 Å². The summed E-state index contributed by atoms with van der Waals surface area (Å²) >= 11 is 5.39. The Hall–Kier alpha value is -0.840. The summed E-state index contributed by atoms with van der Waals surface area (Å²) in [6.45, 7) is 2.04. The Labute approximate surface area is 108 Å². The maximum atomic E-state index is 11.6. The molecule has 4 nitrogen and oxygen atoms in total. The SMILES string of the molecule is CN1CCN(C(=S)NC2CCCCC2)CC1=O. The number of nitrogens with one attached hydrogen (secondary N) is 1. The number of nitrogens with zero attached hydrogens (tertiary/aromatic N) is 2. The van der Waals surface area contributed by atoms with Crippen LogP contribution in [0.15, 0.2) is 0 Å². The fraction of sp³-hybridized carbons (Fsp3) is 0.833. The first-order valence-electron chi connectivity index (χ1n) is 6.46. The molecule has 5 heteroatoms. The second-order valence-electron chi connectivity index (χ2n) is 5.02. The van der Waals surface area contributed by atoms with Gasteiger partial charge in [-0.1, -0.05) is 19.3 Å². The monoisotopic (exact) mass is 255 g/mol. The van der Waals surface area contributed by atoms with Crippen LogP contribution in [0, 0.1) is 0 Å². The average molecular weight is 255 g/mol. The average Bonchev–Trinajstić information content (AvgIpc) is 2.34. The quantitative estimate of drug-likeness (QED) is 0.708. The lowest BCUT2D eigenvalue weighted by Crippen LogP contribution is -2.54. The number of carbonyl (C=O) groups excluding carboxylic acids is 1. The normalized spacial score (nSPS) is 22.8. The number of likely N-dealkylation sites (N-methyl/N-ethyl adjacent to an activating group) is 1. The van der Waals surface area contributed by atoms with Crippen molar-refractivity contribution >= 4 is 23.2 Å². The van der Waals surface area contributed by atoms with E-state index in [1.165, 1.54) is 32.1 Å². The second-order valence-corrected chi connectivity index (χ2v) is 5.41. The van der Waals surface area contributed by atoms with Gasteiger partial charge in [-0.2, -0.15) is 0 Å². The van der Waals surface area contributed by atoms with E-state index in [4.69, 9.17) is 12.2 Å². The molecule has 0 bridgehead atoms. The highest BCUT2D eigenvalue weighted by atomic mass is 32.1. The third-order valence-electron chi connectivity index (χ3n) is 3.68. The smallest absolute Gasteiger partial charge is 0.241 e. The molecule has 0 aromatic heterocycles. The molecule has 0 aromatic carbocycles. The fourth-order valence-electron chi connectivity index (χ4n) is 2.44. The van der Waals surface area contributed by atoms with E-state index in [0.29, 0.717) is 12.6 Å². The van der Waals surface area contributed by atoms with Crippen LogP contribution in [0.4, 0.5) is 0 Å². The first kappa shape index (κ1) is 12.6. The Morgan fingerprint density at radius 1 is 1.29 bits per heavy atom. The highest BCUT2D eigenvalue weighted by Crippen LogP contribution is 2.17. The summed E-state index contributed by atoms with van der Waals surface area (Å²) in [6, 6.07) is 0.519. The molecule has 1 N–H and O–H groups in total. The van der Waals surface area contributed by atoms with E-state index in [1.807, 2.05) is 11.9 Å². The summed E-state index contributed by atoms with van der Waals surface area (Å²) in [4.78, 5) is 15.4. The van der Waals surface area contributed by atoms with E-state index in [-0.39, 0.29) is 5.91 Å². The first-order chi connectivity index (χ1) is 8.16. The molecule has 2 fully saturated rings. The number of piperazine rings is 1. The predicted octanol–water partition coefficient (Wildman–Crippen LogP) is 0.968. The Kier molecular flexibility index (Phi) is 4.20. The lowest BCUT2D eigenvalue weighted by atomic mass is 9.96. The lowest BCUT2D eigenvalue weighted by Gasteiger charge is -2.35. The van der Waals surface area contributed by atoms with Gasteiger partial charge in [-0.05, 0) is 25.1 Å². The van der Waals surface area contributed by atoms with Crippen LogP contribution in [0.3, 0.4) is 0 Å². The number of rotatable bonds is 1. The Balaban J connectivity index is 1.81. The summed E-state index contributed by atoms with van der Waals surface area (Å²) in [5, 5.41) is 4.17. The molecule has 96 valence electrons. The minimum absolute atomic E-state index is 0.157. The molecular weight excluding hydrogens is 234 g/mol. The number of hydrogen-bond acceptors (Lipinski definition) is 2. The van der Waals surface area contributed by atoms with Crippen LogP contribution in [0.5, 0.6) is 0 Å². The van der Waals surface area contributed by atoms with Gasteiger partial charge in [0.2, 0.25) is 5.91 Å². The molecule has 1 saturated heterocycles. The predicted molar refractivity (Wildman–Crippen MR) is 71.8 cm³/mol. The molecule has 17 heavy (non-hydrogen) atoms. The largest absolute Gasteiger partial charge is 0.360 e. The van der Waals surface area contributed by atoms with Gasteiger partial charge in [0, 0.05) is 26.2 Å². The van der Waals surface area contributed by atoms with Gasteiger partial charge in [0.15, 0.2) is 5.11 Å². The standard InChI is InChI=1S/C12H21N3OS/c1-14-7-8-15(9-11(14)16)12(17)13-10-5-3-2-4-6-10/h10H,2-9H2,1H3,(H,13,17). The highest BCUT2D eigenvalue weighted by Gasteiger charge is 2.24. The zero-order valence-electron chi connectivity index (χ0n) is 10.4. The van der Waals surface area contributed by atoms with Crippen LogP contribution in [0.25, 0.3) is 0 Å². The minimum Gasteiger partial charge on any atom is -0.360 e. The molecule has 2 aliphatic rings. The van der Waals surface area contributed by atoms with Gasteiger partial charge >= 0.3 is 0 Å². The molecule has 2 rings (SSSR count). The van der Waals surface area contributed by atoms with Crippen molar-refractivity contribution in [1.82, 2.24) is 15.1 Å². The minimum atomic E-state index is 0.157. The van der Waals surface area contributed by atoms with Gasteiger partial charge in [0.25, 0.3) is 0 Å². The summed E-state index contributed by atoms with van der Waals surface area (Å²) in [5.41, 5.74) is 0. The van der Waals surface area contributed by atoms with Crippen molar-refractivity contribution in [2.24, 2.45) is 0 Å². The molecule has 0 aromatic rings. The molecule has 0 spiro atoms. The first-order valence-corrected chi connectivity index (χ1v) is 6.87. The molecular formula is C12H21N3OS. The van der Waals surface area contributed by atoms with Crippen molar-refractivity contribution in [1.29, 1.82) is 0 Å². The van der Waals surface area contributed by atoms with Gasteiger partial charge in [0.05, 0.1) is 6.54 Å². The Bertz CT molecular complexity index is 302. The zero-order chi connectivity index (χ0) is 12.3. The maximum absolute atomic E-state index is 11.6. The summed E-state index contributed by atoms with van der Waals surface area (Å²) in [5.74, 6) is 0.157. The van der Waals surface area contributed by atoms with Gasteiger partial charge in [-0.25, -0.2) is 0 Å². The molecule has 1 aliphatic carbocycles. The van der Waals surface area contributed by atoms with Gasteiger partial charge in [-0.3, -0.25) is 4.79 Å². The zero-order valence-corrected chi connectivity index (χ0v) is 11.3. The van der Waals surface area contributed by atoms with Gasteiger partial charge in [0.1, 0.15) is 0 Å². The van der Waals surface area contributed by atoms with Gasteiger partial charge in [-0.15, -0.1) is 0 Å². The third kappa shape index (κ3) is 3.31. The molecule has 1 aliphatic heterocycles. The summed E-state index contributed by atoms with van der Waals surface area (Å²) in [7, 11) is 1.84. The summed E-state index contributed by atoms with van der Waals surface area (Å²) in [6.07, 6.45) is 6.35. The fourth-order valence-corrected chi connectivity index (χ4v) is 2.77. The number of carbonyl (C=O) groups is 1. The second kappa shape index (κ2) is 5.67. The highest BCUT2D eigenvalue weighted by molar-refractivity contribution is 7.80. The van der Waals surface area contributed by atoms with Crippen molar-refractivity contribution in [2.75, 3.05) is 26.7 Å². The van der Waals surface area contributed by atoms with Crippen LogP contribution in [0.2, 0.25) is 0 Å². The van der Waals surface area contributed by atoms with Crippen molar-refractivity contribution < 1.29 is 4.79 Å². The van der Waals surface area contributed by atoms with Crippen molar-refractivity contribution in [3.8, 4) is 0 Å². The molecule has 0 radical (unpaired) electrons. The van der Waals surface area contributed by atoms with E-state index in [0.717, 1.165) is 18.2 Å². The topological polar surface area (TPSA) is 35.6 Å². The molecule has 1 saturated carbocycles. The van der Waals surface area contributed by atoms with Crippen LogP contribution in [-0.4, -0.2) is 53.5 Å². The Morgan fingerprint density at radius 2 is 2.00 bits per heavy atom. The van der Waals surface area contributed by atoms with Crippen LogP contribution in [0.1, 0.15) is 32.1 Å². The summed E-state index contributed by atoms with van der Waals surface area (Å²) < 4.78 is 0. The molecule has 1 amide bonds.